The SMILES string of the molecule is CC(C)(C)c1ccc(-c2nnc(-c3ccccc3-c3nc(-c4ccccc4)c4c(c3-c3ccccc3)-c3cccc5cccc-4c35)o2)cc1. The van der Waals surface area contributed by atoms with Crippen molar-refractivity contribution >= 4 is 10.8 Å². The molecule has 0 saturated heterocycles. The van der Waals surface area contributed by atoms with E-state index in [4.69, 9.17) is 9.40 Å². The van der Waals surface area contributed by atoms with Gasteiger partial charge in [0.1, 0.15) is 0 Å². The van der Waals surface area contributed by atoms with Crippen LogP contribution >= 0.6 is 0 Å². The highest BCUT2D eigenvalue weighted by Crippen LogP contribution is 2.56. The van der Waals surface area contributed by atoms with E-state index in [2.05, 4.69) is 170 Å². The average molecular weight is 632 g/mol. The second-order valence-electron chi connectivity index (χ2n) is 13.7. The molecule has 6 aromatic carbocycles. The Hall–Kier alpha value is -6.13. The van der Waals surface area contributed by atoms with Gasteiger partial charge in [-0.25, -0.2) is 4.98 Å². The van der Waals surface area contributed by atoms with Crippen molar-refractivity contribution in [3.05, 3.63) is 151 Å². The van der Waals surface area contributed by atoms with Gasteiger partial charge in [-0.1, -0.05) is 148 Å². The summed E-state index contributed by atoms with van der Waals surface area (Å²) in [4.78, 5) is 5.63. The number of hydrogen-bond donors (Lipinski definition) is 0. The molecule has 0 saturated carbocycles. The molecule has 2 heterocycles. The van der Waals surface area contributed by atoms with Crippen LogP contribution in [0, 0.1) is 0 Å². The topological polar surface area (TPSA) is 51.8 Å². The van der Waals surface area contributed by atoms with Gasteiger partial charge in [-0.2, -0.15) is 0 Å². The molecule has 4 nitrogen and oxygen atoms in total. The van der Waals surface area contributed by atoms with Crippen molar-refractivity contribution in [3.63, 3.8) is 0 Å². The second-order valence-corrected chi connectivity index (χ2v) is 13.7. The molecule has 0 bridgehead atoms. The first-order chi connectivity index (χ1) is 24.0. The van der Waals surface area contributed by atoms with Gasteiger partial charge in [0.25, 0.3) is 0 Å². The van der Waals surface area contributed by atoms with Crippen LogP contribution in [0.4, 0.5) is 0 Å². The number of pyridine rings is 1. The quantitative estimate of drug-likeness (QED) is 0.190. The molecule has 1 aliphatic rings. The zero-order chi connectivity index (χ0) is 33.1. The monoisotopic (exact) mass is 631 g/mol. The molecule has 4 heteroatoms. The first-order valence-corrected chi connectivity index (χ1v) is 16.7. The van der Waals surface area contributed by atoms with Crippen molar-refractivity contribution in [2.45, 2.75) is 26.2 Å². The Bertz CT molecular complexity index is 2500. The van der Waals surface area contributed by atoms with Crippen LogP contribution in [0.3, 0.4) is 0 Å². The molecule has 0 aliphatic heterocycles. The summed E-state index contributed by atoms with van der Waals surface area (Å²) in [5, 5.41) is 11.6. The fourth-order valence-corrected chi connectivity index (χ4v) is 7.20. The minimum atomic E-state index is 0.0578. The van der Waals surface area contributed by atoms with Crippen molar-refractivity contribution in [1.82, 2.24) is 15.2 Å². The third-order valence-corrected chi connectivity index (χ3v) is 9.59. The van der Waals surface area contributed by atoms with Gasteiger partial charge in [-0.05, 0) is 56.6 Å². The van der Waals surface area contributed by atoms with E-state index >= 15 is 0 Å². The number of rotatable bonds is 5. The van der Waals surface area contributed by atoms with E-state index < -0.39 is 0 Å². The van der Waals surface area contributed by atoms with Gasteiger partial charge in [0.2, 0.25) is 11.8 Å². The number of benzene rings is 6. The molecule has 1 aliphatic carbocycles. The number of aromatic nitrogens is 3. The Morgan fingerprint density at radius 3 is 1.67 bits per heavy atom. The van der Waals surface area contributed by atoms with Crippen molar-refractivity contribution in [2.75, 3.05) is 0 Å². The lowest BCUT2D eigenvalue weighted by atomic mass is 9.86. The van der Waals surface area contributed by atoms with E-state index in [1.165, 1.54) is 33.0 Å². The van der Waals surface area contributed by atoms with Crippen molar-refractivity contribution in [2.24, 2.45) is 0 Å². The molecular weight excluding hydrogens is 599 g/mol. The molecule has 2 aromatic heterocycles. The highest BCUT2D eigenvalue weighted by Gasteiger charge is 2.32. The van der Waals surface area contributed by atoms with Crippen LogP contribution < -0.4 is 0 Å². The van der Waals surface area contributed by atoms with Gasteiger partial charge >= 0.3 is 0 Å². The first kappa shape index (κ1) is 29.0. The minimum Gasteiger partial charge on any atom is -0.416 e. The van der Waals surface area contributed by atoms with Crippen molar-refractivity contribution < 1.29 is 4.42 Å². The molecule has 234 valence electrons. The van der Waals surface area contributed by atoms with Gasteiger partial charge in [0, 0.05) is 38.9 Å². The number of fused-ring (bicyclic) bond motifs is 3. The van der Waals surface area contributed by atoms with E-state index in [1.807, 2.05) is 6.07 Å². The molecule has 8 aromatic rings. The van der Waals surface area contributed by atoms with E-state index in [9.17, 15) is 0 Å². The summed E-state index contributed by atoms with van der Waals surface area (Å²) < 4.78 is 6.44. The smallest absolute Gasteiger partial charge is 0.248 e. The Morgan fingerprint density at radius 2 is 1.00 bits per heavy atom. The molecule has 0 unspecified atom stereocenters. The summed E-state index contributed by atoms with van der Waals surface area (Å²) in [5.74, 6) is 0.945. The molecule has 0 fully saturated rings. The van der Waals surface area contributed by atoms with Gasteiger partial charge in [0.05, 0.1) is 11.4 Å². The van der Waals surface area contributed by atoms with Crippen LogP contribution in [-0.2, 0) is 5.41 Å². The summed E-state index contributed by atoms with van der Waals surface area (Å²) in [6, 6.07) is 51.0. The molecule has 0 N–H and O–H groups in total. The maximum absolute atomic E-state index is 6.44. The molecule has 49 heavy (non-hydrogen) atoms. The lowest BCUT2D eigenvalue weighted by Gasteiger charge is -2.20. The van der Waals surface area contributed by atoms with Crippen LogP contribution in [0.5, 0.6) is 0 Å². The normalized spacial score (nSPS) is 12.0. The minimum absolute atomic E-state index is 0.0578. The average Bonchev–Trinajstić information content (AvgIpc) is 3.77. The number of nitrogens with zero attached hydrogens (tertiary/aromatic N) is 3. The fraction of sp³-hybridized carbons (Fsp3) is 0.0889. The Morgan fingerprint density at radius 1 is 0.429 bits per heavy atom. The Kier molecular flexibility index (Phi) is 6.66. The van der Waals surface area contributed by atoms with Crippen LogP contribution in [0.25, 0.3) is 89.6 Å². The maximum atomic E-state index is 6.44. The van der Waals surface area contributed by atoms with Gasteiger partial charge < -0.3 is 4.42 Å². The lowest BCUT2D eigenvalue weighted by Crippen LogP contribution is -2.10. The summed E-state index contributed by atoms with van der Waals surface area (Å²) in [5.41, 5.74) is 13.9. The third-order valence-electron chi connectivity index (χ3n) is 9.59. The standard InChI is InChI=1S/C45H33N3O/c1-45(2,3)32-26-24-31(25-27-32)43-47-48-44(49-43)34-21-11-10-20-33(34)42-38(29-14-6-4-7-15-29)39-35-22-12-18-28-19-13-23-36(37(28)35)40(39)41(46-42)30-16-8-5-9-17-30/h4-27H,1-3H3. The van der Waals surface area contributed by atoms with Crippen LogP contribution in [0.15, 0.2) is 150 Å². The summed E-state index contributed by atoms with van der Waals surface area (Å²) in [6.45, 7) is 6.63. The molecule has 9 rings (SSSR count). The number of hydrogen-bond acceptors (Lipinski definition) is 4. The van der Waals surface area contributed by atoms with Crippen LogP contribution in [0.1, 0.15) is 26.3 Å². The zero-order valence-electron chi connectivity index (χ0n) is 27.6. The maximum Gasteiger partial charge on any atom is 0.248 e. The van der Waals surface area contributed by atoms with E-state index in [1.54, 1.807) is 0 Å². The van der Waals surface area contributed by atoms with Crippen molar-refractivity contribution in [3.8, 4) is 78.8 Å². The summed E-state index contributed by atoms with van der Waals surface area (Å²) in [6.07, 6.45) is 0. The fourth-order valence-electron chi connectivity index (χ4n) is 7.20. The molecule has 0 atom stereocenters. The highest BCUT2D eigenvalue weighted by atomic mass is 16.4. The highest BCUT2D eigenvalue weighted by molar-refractivity contribution is 6.22. The third kappa shape index (κ3) is 4.79. The van der Waals surface area contributed by atoms with Gasteiger partial charge in [-0.15, -0.1) is 10.2 Å². The molecule has 0 amide bonds. The summed E-state index contributed by atoms with van der Waals surface area (Å²) >= 11 is 0. The predicted octanol–water partition coefficient (Wildman–Crippen LogP) is 11.9. The second kappa shape index (κ2) is 11.2. The van der Waals surface area contributed by atoms with E-state index in [0.29, 0.717) is 11.8 Å². The molecule has 0 spiro atoms. The lowest BCUT2D eigenvalue weighted by molar-refractivity contribution is 0.582. The first-order valence-electron chi connectivity index (χ1n) is 16.7. The van der Waals surface area contributed by atoms with Crippen molar-refractivity contribution in [1.29, 1.82) is 0 Å². The summed E-state index contributed by atoms with van der Waals surface area (Å²) in [7, 11) is 0. The Balaban J connectivity index is 1.31. The predicted molar refractivity (Wildman–Crippen MR) is 200 cm³/mol. The van der Waals surface area contributed by atoms with E-state index in [-0.39, 0.29) is 5.41 Å². The van der Waals surface area contributed by atoms with E-state index in [0.717, 1.165) is 50.3 Å². The van der Waals surface area contributed by atoms with Crippen LogP contribution in [0.2, 0.25) is 0 Å². The zero-order valence-corrected chi connectivity index (χ0v) is 27.6. The molecule has 0 radical (unpaired) electrons. The van der Waals surface area contributed by atoms with Crippen LogP contribution in [-0.4, -0.2) is 15.2 Å². The largest absolute Gasteiger partial charge is 0.416 e. The Labute approximate surface area is 285 Å². The van der Waals surface area contributed by atoms with Gasteiger partial charge in [0.15, 0.2) is 0 Å². The molecular formula is C45H33N3O. The van der Waals surface area contributed by atoms with Gasteiger partial charge in [-0.3, -0.25) is 0 Å².